The largest absolute Gasteiger partial charge is 0.359 e. The van der Waals surface area contributed by atoms with Gasteiger partial charge in [-0.15, -0.1) is 0 Å². The first kappa shape index (κ1) is 11.4. The number of benzene rings is 1. The number of anilines is 1. The Bertz CT molecular complexity index is 459. The van der Waals surface area contributed by atoms with E-state index in [-0.39, 0.29) is 5.91 Å². The van der Waals surface area contributed by atoms with Crippen LogP contribution in [-0.4, -0.2) is 24.5 Å². The van der Waals surface area contributed by atoms with Crippen LogP contribution in [-0.2, 0) is 11.2 Å². The van der Waals surface area contributed by atoms with Crippen molar-refractivity contribution in [3.05, 3.63) is 29.8 Å². The first-order valence-electron chi connectivity index (χ1n) is 5.54. The average molecular weight is 233 g/mol. The number of fused-ring (bicyclic) bond motifs is 1. The van der Waals surface area contributed by atoms with Crippen molar-refractivity contribution < 1.29 is 9.59 Å². The van der Waals surface area contributed by atoms with Crippen molar-refractivity contribution in [1.29, 1.82) is 0 Å². The lowest BCUT2D eigenvalue weighted by atomic mass is 10.2. The zero-order chi connectivity index (χ0) is 12.4. The lowest BCUT2D eigenvalue weighted by Gasteiger charge is -2.25. The Labute approximate surface area is 99.6 Å². The number of nitrogens with two attached hydrogens (primary N) is 1. The highest BCUT2D eigenvalue weighted by Crippen LogP contribution is 2.28. The van der Waals surface area contributed by atoms with E-state index in [0.717, 1.165) is 18.7 Å². The van der Waals surface area contributed by atoms with Gasteiger partial charge in [0.1, 0.15) is 6.04 Å². The number of rotatable bonds is 2. The standard InChI is InChI=1S/C12H15N3O2/c1-8(11(16)14-12(13)17)15-7-6-9-4-2-3-5-10(9)15/h2-5,8H,6-7H2,1H3,(H3,13,14,16,17)/t8-/m0/s1. The summed E-state index contributed by atoms with van der Waals surface area (Å²) in [6.07, 6.45) is 0.921. The topological polar surface area (TPSA) is 75.4 Å². The van der Waals surface area contributed by atoms with Crippen LogP contribution in [0.5, 0.6) is 0 Å². The van der Waals surface area contributed by atoms with E-state index in [1.165, 1.54) is 5.56 Å². The number of urea groups is 1. The molecule has 1 atom stereocenters. The Hall–Kier alpha value is -2.04. The Balaban J connectivity index is 2.15. The molecule has 0 saturated carbocycles. The molecule has 2 rings (SSSR count). The van der Waals surface area contributed by atoms with Gasteiger partial charge in [0.25, 0.3) is 0 Å². The molecule has 0 radical (unpaired) electrons. The summed E-state index contributed by atoms with van der Waals surface area (Å²) in [4.78, 5) is 24.3. The third-order valence-electron chi connectivity index (χ3n) is 3.02. The molecule has 0 fully saturated rings. The number of amides is 3. The molecule has 0 spiro atoms. The molecule has 17 heavy (non-hydrogen) atoms. The van der Waals surface area contributed by atoms with Crippen LogP contribution < -0.4 is 16.0 Å². The molecular formula is C12H15N3O2. The number of nitrogens with one attached hydrogen (secondary N) is 1. The van der Waals surface area contributed by atoms with Crippen LogP contribution in [0.25, 0.3) is 0 Å². The highest BCUT2D eigenvalue weighted by atomic mass is 16.2. The number of imide groups is 1. The van der Waals surface area contributed by atoms with Crippen molar-refractivity contribution in [2.24, 2.45) is 5.73 Å². The van der Waals surface area contributed by atoms with Crippen molar-refractivity contribution >= 4 is 17.6 Å². The van der Waals surface area contributed by atoms with Gasteiger partial charge in [0.2, 0.25) is 5.91 Å². The van der Waals surface area contributed by atoms with Crippen LogP contribution in [0.2, 0.25) is 0 Å². The maximum atomic E-state index is 11.7. The highest BCUT2D eigenvalue weighted by molar-refractivity contribution is 5.97. The number of carbonyl (C=O) groups excluding carboxylic acids is 2. The lowest BCUT2D eigenvalue weighted by Crippen LogP contribution is -2.48. The molecule has 0 aromatic heterocycles. The molecule has 3 amide bonds. The van der Waals surface area contributed by atoms with Gasteiger partial charge in [-0.3, -0.25) is 10.1 Å². The van der Waals surface area contributed by atoms with E-state index in [1.807, 2.05) is 29.2 Å². The highest BCUT2D eigenvalue weighted by Gasteiger charge is 2.27. The number of primary amides is 1. The van der Waals surface area contributed by atoms with Gasteiger partial charge in [-0.1, -0.05) is 18.2 Å². The third kappa shape index (κ3) is 2.22. The van der Waals surface area contributed by atoms with Crippen LogP contribution in [0.3, 0.4) is 0 Å². The second-order valence-corrected chi connectivity index (χ2v) is 4.10. The fraction of sp³-hybridized carbons (Fsp3) is 0.333. The summed E-state index contributed by atoms with van der Waals surface area (Å²) in [7, 11) is 0. The monoisotopic (exact) mass is 233 g/mol. The van der Waals surface area contributed by atoms with Gasteiger partial charge in [-0.25, -0.2) is 4.79 Å². The second-order valence-electron chi connectivity index (χ2n) is 4.10. The summed E-state index contributed by atoms with van der Waals surface area (Å²) in [5, 5.41) is 2.11. The smallest absolute Gasteiger partial charge is 0.318 e. The molecule has 1 aliphatic heterocycles. The molecular weight excluding hydrogens is 218 g/mol. The van der Waals surface area contributed by atoms with E-state index in [0.29, 0.717) is 0 Å². The van der Waals surface area contributed by atoms with E-state index in [9.17, 15) is 9.59 Å². The summed E-state index contributed by atoms with van der Waals surface area (Å²) < 4.78 is 0. The molecule has 1 aliphatic rings. The summed E-state index contributed by atoms with van der Waals surface area (Å²) >= 11 is 0. The first-order valence-corrected chi connectivity index (χ1v) is 5.54. The number of hydrogen-bond donors (Lipinski definition) is 2. The summed E-state index contributed by atoms with van der Waals surface area (Å²) in [6.45, 7) is 2.55. The van der Waals surface area contributed by atoms with Crippen LogP contribution in [0, 0.1) is 0 Å². The lowest BCUT2D eigenvalue weighted by molar-refractivity contribution is -0.120. The second kappa shape index (κ2) is 4.45. The normalized spacial score (nSPS) is 15.2. The van der Waals surface area contributed by atoms with E-state index in [1.54, 1.807) is 6.92 Å². The van der Waals surface area contributed by atoms with E-state index in [2.05, 4.69) is 5.32 Å². The predicted molar refractivity (Wildman–Crippen MR) is 64.7 cm³/mol. The minimum Gasteiger partial charge on any atom is -0.359 e. The van der Waals surface area contributed by atoms with Crippen molar-refractivity contribution in [2.45, 2.75) is 19.4 Å². The van der Waals surface area contributed by atoms with Gasteiger partial charge in [0.15, 0.2) is 0 Å². The quantitative estimate of drug-likeness (QED) is 0.786. The van der Waals surface area contributed by atoms with Crippen molar-refractivity contribution in [3.63, 3.8) is 0 Å². The zero-order valence-corrected chi connectivity index (χ0v) is 9.64. The summed E-state index contributed by atoms with van der Waals surface area (Å²) in [5.74, 6) is -0.366. The van der Waals surface area contributed by atoms with Crippen molar-refractivity contribution in [2.75, 3.05) is 11.4 Å². The molecule has 0 aliphatic carbocycles. The molecule has 0 saturated heterocycles. The van der Waals surface area contributed by atoms with Gasteiger partial charge in [-0.05, 0) is 25.0 Å². The maximum absolute atomic E-state index is 11.7. The number of para-hydroxylation sites is 1. The Morgan fingerprint density at radius 2 is 2.12 bits per heavy atom. The van der Waals surface area contributed by atoms with Crippen molar-refractivity contribution in [1.82, 2.24) is 5.32 Å². The third-order valence-corrected chi connectivity index (χ3v) is 3.02. The maximum Gasteiger partial charge on any atom is 0.318 e. The fourth-order valence-corrected chi connectivity index (χ4v) is 2.13. The fourth-order valence-electron chi connectivity index (χ4n) is 2.13. The van der Waals surface area contributed by atoms with Gasteiger partial charge < -0.3 is 10.6 Å². The zero-order valence-electron chi connectivity index (χ0n) is 9.64. The number of nitrogens with zero attached hydrogens (tertiary/aromatic N) is 1. The Morgan fingerprint density at radius 3 is 2.82 bits per heavy atom. The number of carbonyl (C=O) groups is 2. The summed E-state index contributed by atoms with van der Waals surface area (Å²) in [5.41, 5.74) is 7.22. The summed E-state index contributed by atoms with van der Waals surface area (Å²) in [6, 6.07) is 6.75. The van der Waals surface area contributed by atoms with Crippen LogP contribution in [0.1, 0.15) is 12.5 Å². The average Bonchev–Trinajstić information content (AvgIpc) is 2.70. The first-order chi connectivity index (χ1) is 8.09. The SMILES string of the molecule is C[C@@H](C(=O)NC(N)=O)N1CCc2ccccc21. The molecule has 1 aromatic carbocycles. The molecule has 0 unspecified atom stereocenters. The van der Waals surface area contributed by atoms with E-state index in [4.69, 9.17) is 5.73 Å². The minimum atomic E-state index is -0.811. The van der Waals surface area contributed by atoms with E-state index < -0.39 is 12.1 Å². The van der Waals surface area contributed by atoms with Gasteiger partial charge in [0, 0.05) is 12.2 Å². The molecule has 5 heteroatoms. The van der Waals surface area contributed by atoms with Crippen LogP contribution in [0.15, 0.2) is 24.3 Å². The Morgan fingerprint density at radius 1 is 1.41 bits per heavy atom. The minimum absolute atomic E-state index is 0.366. The molecule has 5 nitrogen and oxygen atoms in total. The van der Waals surface area contributed by atoms with Crippen molar-refractivity contribution in [3.8, 4) is 0 Å². The van der Waals surface area contributed by atoms with Crippen LogP contribution in [0.4, 0.5) is 10.5 Å². The van der Waals surface area contributed by atoms with E-state index >= 15 is 0 Å². The number of hydrogen-bond acceptors (Lipinski definition) is 3. The molecule has 1 aromatic rings. The predicted octanol–water partition coefficient (Wildman–Crippen LogP) is 0.632. The molecule has 90 valence electrons. The van der Waals surface area contributed by atoms with Gasteiger partial charge in [0.05, 0.1) is 0 Å². The molecule has 3 N–H and O–H groups in total. The van der Waals surface area contributed by atoms with Gasteiger partial charge >= 0.3 is 6.03 Å². The Kier molecular flexibility index (Phi) is 2.99. The molecule has 0 bridgehead atoms. The van der Waals surface area contributed by atoms with Gasteiger partial charge in [-0.2, -0.15) is 0 Å². The molecule has 1 heterocycles. The van der Waals surface area contributed by atoms with Crippen LogP contribution >= 0.6 is 0 Å².